The highest BCUT2D eigenvalue weighted by Crippen LogP contribution is 2.20. The van der Waals surface area contributed by atoms with Crippen LogP contribution in [0.1, 0.15) is 12.0 Å². The maximum absolute atomic E-state index is 12.3. The summed E-state index contributed by atoms with van der Waals surface area (Å²) >= 11 is 0. The fraction of sp³-hybridized carbons (Fsp3) is 0.500. The van der Waals surface area contributed by atoms with E-state index in [1.54, 1.807) is 0 Å². The van der Waals surface area contributed by atoms with Gasteiger partial charge in [-0.25, -0.2) is 0 Å². The van der Waals surface area contributed by atoms with Gasteiger partial charge >= 0.3 is 0 Å². The maximum Gasteiger partial charge on any atom is 0.289 e. The molecule has 1 aromatic carbocycles. The van der Waals surface area contributed by atoms with Gasteiger partial charge < -0.3 is 19.9 Å². The number of rotatable bonds is 5. The van der Waals surface area contributed by atoms with Crippen LogP contribution in [0, 0.1) is 5.92 Å². The number of piperidine rings is 1. The first-order chi connectivity index (χ1) is 11.8. The number of carbonyl (C=O) groups excluding carboxylic acids is 1. The molecule has 0 unspecified atom stereocenters. The van der Waals surface area contributed by atoms with Gasteiger partial charge in [0.05, 0.1) is 0 Å². The molecule has 2 aliphatic rings. The van der Waals surface area contributed by atoms with Gasteiger partial charge in [0.15, 0.2) is 0 Å². The van der Waals surface area contributed by atoms with E-state index < -0.39 is 0 Å². The monoisotopic (exact) mass is 332 g/mol. The highest BCUT2D eigenvalue weighted by molar-refractivity contribution is 5.91. The Morgan fingerprint density at radius 2 is 2.12 bits per heavy atom. The molecule has 1 amide bonds. The Morgan fingerprint density at radius 3 is 2.83 bits per heavy atom. The van der Waals surface area contributed by atoms with Crippen LogP contribution >= 0.6 is 0 Å². The van der Waals surface area contributed by atoms with Crippen LogP contribution in [0.2, 0.25) is 0 Å². The minimum absolute atomic E-state index is 0.0612. The molecule has 1 saturated heterocycles. The van der Waals surface area contributed by atoms with E-state index in [9.17, 15) is 9.90 Å². The Morgan fingerprint density at radius 1 is 1.29 bits per heavy atom. The molecule has 2 heterocycles. The minimum atomic E-state index is -0.278. The van der Waals surface area contributed by atoms with Crippen molar-refractivity contribution >= 4 is 5.91 Å². The van der Waals surface area contributed by atoms with Crippen LogP contribution in [0.25, 0.3) is 0 Å². The molecule has 6 heteroatoms. The number of hydrogen-bond donors (Lipinski definition) is 2. The highest BCUT2D eigenvalue weighted by atomic mass is 16.6. The number of aliphatic hydroxyl groups is 1. The Hall–Kier alpha value is -2.05. The van der Waals surface area contributed by atoms with Gasteiger partial charge in [0.2, 0.25) is 5.76 Å². The van der Waals surface area contributed by atoms with Crippen LogP contribution in [0.4, 0.5) is 0 Å². The van der Waals surface area contributed by atoms with Crippen molar-refractivity contribution in [2.45, 2.75) is 19.0 Å². The second kappa shape index (κ2) is 8.17. The predicted octanol–water partition coefficient (Wildman–Crippen LogP) is 0.874. The lowest BCUT2D eigenvalue weighted by atomic mass is 9.92. The summed E-state index contributed by atoms with van der Waals surface area (Å²) in [6.45, 7) is 3.38. The minimum Gasteiger partial charge on any atom is -0.494 e. The number of nitrogens with one attached hydrogen (secondary N) is 1. The van der Waals surface area contributed by atoms with Crippen molar-refractivity contribution < 1.29 is 19.4 Å². The Labute approximate surface area is 142 Å². The summed E-state index contributed by atoms with van der Waals surface area (Å²) in [7, 11) is 0. The fourth-order valence-corrected chi connectivity index (χ4v) is 3.16. The van der Waals surface area contributed by atoms with Gasteiger partial charge in [-0.05, 0) is 18.5 Å². The molecule has 2 aliphatic heterocycles. The number of ether oxygens (including phenoxy) is 2. The molecular formula is C18H24N2O4. The highest BCUT2D eigenvalue weighted by Gasteiger charge is 2.31. The van der Waals surface area contributed by atoms with Gasteiger partial charge in [-0.15, -0.1) is 0 Å². The quantitative estimate of drug-likeness (QED) is 0.837. The average molecular weight is 332 g/mol. The van der Waals surface area contributed by atoms with Crippen LogP contribution in [-0.2, 0) is 20.8 Å². The lowest BCUT2D eigenvalue weighted by Crippen LogP contribution is -2.53. The molecule has 1 fully saturated rings. The van der Waals surface area contributed by atoms with Gasteiger partial charge in [-0.3, -0.25) is 9.69 Å². The largest absolute Gasteiger partial charge is 0.494 e. The van der Waals surface area contributed by atoms with E-state index in [-0.39, 0.29) is 30.2 Å². The molecule has 0 aliphatic carbocycles. The first-order valence-corrected chi connectivity index (χ1v) is 8.39. The summed E-state index contributed by atoms with van der Waals surface area (Å²) in [6, 6.07) is 10.2. The molecule has 0 saturated carbocycles. The summed E-state index contributed by atoms with van der Waals surface area (Å²) in [5.41, 5.74) is 1.25. The van der Waals surface area contributed by atoms with E-state index in [2.05, 4.69) is 22.3 Å². The fourth-order valence-electron chi connectivity index (χ4n) is 3.16. The van der Waals surface area contributed by atoms with Crippen molar-refractivity contribution in [1.82, 2.24) is 10.2 Å². The molecule has 0 spiro atoms. The van der Waals surface area contributed by atoms with Crippen LogP contribution in [0.3, 0.4) is 0 Å². The predicted molar refractivity (Wildman–Crippen MR) is 88.8 cm³/mol. The van der Waals surface area contributed by atoms with E-state index in [1.165, 1.54) is 11.8 Å². The van der Waals surface area contributed by atoms with Crippen LogP contribution < -0.4 is 5.32 Å². The SMILES string of the molecule is O=C(N[C@H]1CN(Cc2ccccc2)CC[C@H]1CO)C1=COCCO1. The third kappa shape index (κ3) is 4.27. The van der Waals surface area contributed by atoms with E-state index in [0.29, 0.717) is 19.8 Å². The van der Waals surface area contributed by atoms with Crippen molar-refractivity contribution in [3.05, 3.63) is 47.9 Å². The molecule has 2 atom stereocenters. The van der Waals surface area contributed by atoms with Crippen LogP contribution in [0.5, 0.6) is 0 Å². The normalized spacial score (nSPS) is 24.5. The smallest absolute Gasteiger partial charge is 0.289 e. The van der Waals surface area contributed by atoms with E-state index in [0.717, 1.165) is 19.5 Å². The zero-order valence-electron chi connectivity index (χ0n) is 13.7. The molecule has 3 rings (SSSR count). The third-order valence-electron chi connectivity index (χ3n) is 4.51. The Kier molecular flexibility index (Phi) is 5.72. The third-order valence-corrected chi connectivity index (χ3v) is 4.51. The number of nitrogens with zero attached hydrogens (tertiary/aromatic N) is 1. The summed E-state index contributed by atoms with van der Waals surface area (Å²) in [6.07, 6.45) is 2.21. The Balaban J connectivity index is 1.60. The summed E-state index contributed by atoms with van der Waals surface area (Å²) in [5, 5.41) is 12.6. The molecule has 6 nitrogen and oxygen atoms in total. The number of likely N-dealkylation sites (tertiary alicyclic amines) is 1. The van der Waals surface area contributed by atoms with Gasteiger partial charge in [0, 0.05) is 31.7 Å². The molecule has 0 bridgehead atoms. The standard InChI is InChI=1S/C18H24N2O4/c21-12-15-6-7-20(10-14-4-2-1-3-5-14)11-16(15)19-18(22)17-13-23-8-9-24-17/h1-5,13,15-16,21H,6-12H2,(H,19,22)/t15-,16-/m0/s1. The molecule has 24 heavy (non-hydrogen) atoms. The first kappa shape index (κ1) is 16.8. The average Bonchev–Trinajstić information content (AvgIpc) is 2.63. The van der Waals surface area contributed by atoms with Crippen LogP contribution in [-0.4, -0.2) is 54.9 Å². The molecule has 0 radical (unpaired) electrons. The summed E-state index contributed by atoms with van der Waals surface area (Å²) < 4.78 is 10.5. The zero-order chi connectivity index (χ0) is 16.8. The van der Waals surface area contributed by atoms with Crippen molar-refractivity contribution in [2.75, 3.05) is 32.9 Å². The lowest BCUT2D eigenvalue weighted by molar-refractivity contribution is -0.124. The number of hydrogen-bond acceptors (Lipinski definition) is 5. The number of aliphatic hydroxyl groups excluding tert-OH is 1. The lowest BCUT2D eigenvalue weighted by Gasteiger charge is -2.38. The maximum atomic E-state index is 12.3. The van der Waals surface area contributed by atoms with E-state index in [4.69, 9.17) is 9.47 Å². The zero-order valence-corrected chi connectivity index (χ0v) is 13.7. The first-order valence-electron chi connectivity index (χ1n) is 8.39. The summed E-state index contributed by atoms with van der Waals surface area (Å²) in [5.74, 6) is -0.0103. The number of benzene rings is 1. The second-order valence-electron chi connectivity index (χ2n) is 6.23. The van der Waals surface area contributed by atoms with Crippen molar-refractivity contribution in [2.24, 2.45) is 5.92 Å². The van der Waals surface area contributed by atoms with Gasteiger partial charge in [-0.1, -0.05) is 30.3 Å². The summed E-state index contributed by atoms with van der Waals surface area (Å²) in [4.78, 5) is 14.6. The topological polar surface area (TPSA) is 71.0 Å². The molecule has 130 valence electrons. The van der Waals surface area contributed by atoms with Gasteiger partial charge in [0.1, 0.15) is 19.5 Å². The molecule has 2 N–H and O–H groups in total. The van der Waals surface area contributed by atoms with Gasteiger partial charge in [-0.2, -0.15) is 0 Å². The molecule has 0 aromatic heterocycles. The second-order valence-corrected chi connectivity index (χ2v) is 6.23. The van der Waals surface area contributed by atoms with E-state index >= 15 is 0 Å². The van der Waals surface area contributed by atoms with Gasteiger partial charge in [0.25, 0.3) is 5.91 Å². The van der Waals surface area contributed by atoms with Crippen molar-refractivity contribution in [1.29, 1.82) is 0 Å². The van der Waals surface area contributed by atoms with E-state index in [1.807, 2.05) is 18.2 Å². The molecular weight excluding hydrogens is 308 g/mol. The molecule has 1 aromatic rings. The number of amides is 1. The van der Waals surface area contributed by atoms with Crippen molar-refractivity contribution in [3.63, 3.8) is 0 Å². The van der Waals surface area contributed by atoms with Crippen LogP contribution in [0.15, 0.2) is 42.4 Å². The van der Waals surface area contributed by atoms with Crippen molar-refractivity contribution in [3.8, 4) is 0 Å². The Bertz CT molecular complexity index is 576. The number of carbonyl (C=O) groups is 1.